The highest BCUT2D eigenvalue weighted by molar-refractivity contribution is 6.05. The Labute approximate surface area is 83.3 Å². The van der Waals surface area contributed by atoms with Crippen LogP contribution in [-0.4, -0.2) is 21.0 Å². The molecule has 0 fully saturated rings. The number of fused-ring (bicyclic) bond motifs is 3. The monoisotopic (exact) mass is 202 g/mol. The molecule has 0 radical (unpaired) electrons. The van der Waals surface area contributed by atoms with E-state index in [9.17, 15) is 4.79 Å². The summed E-state index contributed by atoms with van der Waals surface area (Å²) in [6, 6.07) is 3.21. The zero-order valence-corrected chi connectivity index (χ0v) is 7.52. The van der Waals surface area contributed by atoms with Gasteiger partial charge in [-0.3, -0.25) is 4.98 Å². The first-order valence-electron chi connectivity index (χ1n) is 4.34. The Morgan fingerprint density at radius 1 is 1.47 bits per heavy atom. The molecule has 0 aliphatic rings. The molecule has 0 aromatic carbocycles. The number of furan rings is 1. The first-order valence-corrected chi connectivity index (χ1v) is 4.34. The second kappa shape index (κ2) is 2.60. The first-order chi connectivity index (χ1) is 7.25. The van der Waals surface area contributed by atoms with Gasteiger partial charge in [-0.05, 0) is 6.07 Å². The summed E-state index contributed by atoms with van der Waals surface area (Å²) in [6.07, 6.45) is 3.27. The maximum Gasteiger partial charge on any atom is 0.352 e. The van der Waals surface area contributed by atoms with Gasteiger partial charge in [0, 0.05) is 18.5 Å². The number of rotatable bonds is 1. The summed E-state index contributed by atoms with van der Waals surface area (Å²) in [7, 11) is 0. The number of aromatic nitrogens is 2. The second-order valence-corrected chi connectivity index (χ2v) is 3.20. The molecule has 3 aromatic heterocycles. The third-order valence-corrected chi connectivity index (χ3v) is 2.28. The van der Waals surface area contributed by atoms with Gasteiger partial charge in [0.15, 0.2) is 5.58 Å². The molecule has 5 nitrogen and oxygen atoms in total. The maximum absolute atomic E-state index is 10.7. The van der Waals surface area contributed by atoms with E-state index in [4.69, 9.17) is 9.52 Å². The standard InChI is InChI=1S/C10H6N2O3/c13-10(14)6-3-8-9(12-6)5-4-11-2-1-7(5)15-8/h1-4,12H,(H,13,14). The van der Waals surface area contributed by atoms with Crippen molar-refractivity contribution in [1.82, 2.24) is 9.97 Å². The molecule has 2 N–H and O–H groups in total. The van der Waals surface area contributed by atoms with Crippen molar-refractivity contribution in [3.63, 3.8) is 0 Å². The van der Waals surface area contributed by atoms with Crippen molar-refractivity contribution in [3.8, 4) is 0 Å². The van der Waals surface area contributed by atoms with Gasteiger partial charge in [-0.1, -0.05) is 0 Å². The van der Waals surface area contributed by atoms with Crippen molar-refractivity contribution in [1.29, 1.82) is 0 Å². The fraction of sp³-hybridized carbons (Fsp3) is 0. The third kappa shape index (κ3) is 1.03. The molecule has 0 amide bonds. The van der Waals surface area contributed by atoms with Crippen molar-refractivity contribution >= 4 is 28.0 Å². The van der Waals surface area contributed by atoms with Gasteiger partial charge in [0.2, 0.25) is 0 Å². The number of hydrogen-bond donors (Lipinski definition) is 2. The number of aromatic carboxylic acids is 1. The van der Waals surface area contributed by atoms with E-state index in [-0.39, 0.29) is 5.69 Å². The number of carboxylic acid groups (broad SMARTS) is 1. The summed E-state index contributed by atoms with van der Waals surface area (Å²) >= 11 is 0. The van der Waals surface area contributed by atoms with Crippen LogP contribution in [0.3, 0.4) is 0 Å². The molecule has 0 saturated heterocycles. The van der Waals surface area contributed by atoms with Crippen LogP contribution in [0.1, 0.15) is 10.5 Å². The zero-order valence-electron chi connectivity index (χ0n) is 7.52. The number of H-pyrrole nitrogens is 1. The third-order valence-electron chi connectivity index (χ3n) is 2.28. The smallest absolute Gasteiger partial charge is 0.352 e. The van der Waals surface area contributed by atoms with Crippen molar-refractivity contribution in [2.45, 2.75) is 0 Å². The summed E-state index contributed by atoms with van der Waals surface area (Å²) in [4.78, 5) is 17.5. The molecule has 3 aromatic rings. The van der Waals surface area contributed by atoms with Gasteiger partial charge in [0.05, 0.1) is 10.9 Å². The lowest BCUT2D eigenvalue weighted by atomic mass is 10.3. The van der Waals surface area contributed by atoms with Crippen LogP contribution in [0.15, 0.2) is 28.9 Å². The van der Waals surface area contributed by atoms with Gasteiger partial charge < -0.3 is 14.5 Å². The van der Waals surface area contributed by atoms with Crippen molar-refractivity contribution < 1.29 is 14.3 Å². The predicted octanol–water partition coefficient (Wildman–Crippen LogP) is 2.01. The molecule has 0 aliphatic carbocycles. The van der Waals surface area contributed by atoms with Crippen LogP contribution >= 0.6 is 0 Å². The summed E-state index contributed by atoms with van der Waals surface area (Å²) in [5.41, 5.74) is 2.03. The van der Waals surface area contributed by atoms with Crippen LogP contribution in [0.25, 0.3) is 22.1 Å². The summed E-state index contributed by atoms with van der Waals surface area (Å²) < 4.78 is 5.45. The molecule has 5 heteroatoms. The Morgan fingerprint density at radius 2 is 2.33 bits per heavy atom. The molecule has 0 aliphatic heterocycles. The van der Waals surface area contributed by atoms with Gasteiger partial charge in [-0.15, -0.1) is 0 Å². The summed E-state index contributed by atoms with van der Waals surface area (Å²) in [5.74, 6) is -1.00. The minimum Gasteiger partial charge on any atom is -0.477 e. The van der Waals surface area contributed by atoms with Crippen molar-refractivity contribution in [2.24, 2.45) is 0 Å². The molecule has 0 unspecified atom stereocenters. The highest BCUT2D eigenvalue weighted by Crippen LogP contribution is 2.27. The number of pyridine rings is 1. The molecular formula is C10H6N2O3. The van der Waals surface area contributed by atoms with Crippen molar-refractivity contribution in [3.05, 3.63) is 30.2 Å². The molecule has 0 saturated carbocycles. The fourth-order valence-electron chi connectivity index (χ4n) is 1.61. The van der Waals surface area contributed by atoms with Gasteiger partial charge in [0.25, 0.3) is 0 Å². The van der Waals surface area contributed by atoms with E-state index < -0.39 is 5.97 Å². The van der Waals surface area contributed by atoms with Crippen molar-refractivity contribution in [2.75, 3.05) is 0 Å². The van der Waals surface area contributed by atoms with Crippen LogP contribution in [0, 0.1) is 0 Å². The Kier molecular flexibility index (Phi) is 1.39. The Balaban J connectivity index is 2.42. The lowest BCUT2D eigenvalue weighted by Gasteiger charge is -1.87. The normalized spacial score (nSPS) is 11.2. The molecule has 0 spiro atoms. The van der Waals surface area contributed by atoms with Gasteiger partial charge in [-0.2, -0.15) is 0 Å². The lowest BCUT2D eigenvalue weighted by Crippen LogP contribution is -1.94. The average Bonchev–Trinajstić information content (AvgIpc) is 2.73. The summed E-state index contributed by atoms with van der Waals surface area (Å²) in [5, 5.41) is 9.58. The molecule has 0 atom stereocenters. The highest BCUT2D eigenvalue weighted by Gasteiger charge is 2.13. The van der Waals surface area contributed by atoms with E-state index in [2.05, 4.69) is 9.97 Å². The maximum atomic E-state index is 10.7. The molecule has 3 heterocycles. The number of carboxylic acids is 1. The predicted molar refractivity (Wildman–Crippen MR) is 52.8 cm³/mol. The van der Waals surface area contributed by atoms with E-state index >= 15 is 0 Å². The van der Waals surface area contributed by atoms with E-state index in [1.807, 2.05) is 0 Å². The molecular weight excluding hydrogens is 196 g/mol. The van der Waals surface area contributed by atoms with Crippen LogP contribution < -0.4 is 0 Å². The van der Waals surface area contributed by atoms with Crippen LogP contribution in [0.5, 0.6) is 0 Å². The minimum atomic E-state index is -1.00. The second-order valence-electron chi connectivity index (χ2n) is 3.20. The van der Waals surface area contributed by atoms with Gasteiger partial charge in [0.1, 0.15) is 11.3 Å². The fourth-order valence-corrected chi connectivity index (χ4v) is 1.61. The van der Waals surface area contributed by atoms with E-state index in [0.29, 0.717) is 16.7 Å². The number of hydrogen-bond acceptors (Lipinski definition) is 3. The number of aromatic amines is 1. The quantitative estimate of drug-likeness (QED) is 0.632. The SMILES string of the molecule is O=C(O)c1cc2oc3ccncc3c2[nH]1. The van der Waals surface area contributed by atoms with Gasteiger partial charge in [-0.25, -0.2) is 4.79 Å². The van der Waals surface area contributed by atoms with Gasteiger partial charge >= 0.3 is 5.97 Å². The summed E-state index contributed by atoms with van der Waals surface area (Å²) in [6.45, 7) is 0. The van der Waals surface area contributed by atoms with Crippen LogP contribution in [0.4, 0.5) is 0 Å². The number of nitrogens with zero attached hydrogens (tertiary/aromatic N) is 1. The molecule has 74 valence electrons. The Bertz CT molecular complexity index is 665. The topological polar surface area (TPSA) is 79.1 Å². The first kappa shape index (κ1) is 8.05. The number of carbonyl (C=O) groups is 1. The Hall–Kier alpha value is -2.30. The molecule has 0 bridgehead atoms. The lowest BCUT2D eigenvalue weighted by molar-refractivity contribution is 0.0691. The minimum absolute atomic E-state index is 0.120. The van der Waals surface area contributed by atoms with E-state index in [1.165, 1.54) is 6.07 Å². The largest absolute Gasteiger partial charge is 0.477 e. The molecule has 3 rings (SSSR count). The number of nitrogens with one attached hydrogen (secondary N) is 1. The van der Waals surface area contributed by atoms with Crippen LogP contribution in [0.2, 0.25) is 0 Å². The average molecular weight is 202 g/mol. The van der Waals surface area contributed by atoms with E-state index in [0.717, 1.165) is 5.39 Å². The zero-order chi connectivity index (χ0) is 10.4. The van der Waals surface area contributed by atoms with Crippen LogP contribution in [-0.2, 0) is 0 Å². The highest BCUT2D eigenvalue weighted by atomic mass is 16.4. The molecule has 15 heavy (non-hydrogen) atoms. The van der Waals surface area contributed by atoms with E-state index in [1.54, 1.807) is 18.5 Å². The Morgan fingerprint density at radius 3 is 3.13 bits per heavy atom.